The Morgan fingerprint density at radius 3 is 2.36 bits per heavy atom. The number of esters is 1. The smallest absolute Gasteiger partial charge is 0.374 e. The van der Waals surface area contributed by atoms with Gasteiger partial charge in [0, 0.05) is 38.4 Å². The number of benzene rings is 1. The highest BCUT2D eigenvalue weighted by molar-refractivity contribution is 5.86. The zero-order valence-corrected chi connectivity index (χ0v) is 15.6. The van der Waals surface area contributed by atoms with E-state index < -0.39 is 0 Å². The number of anilines is 1. The molecule has 2 aromatic rings. The van der Waals surface area contributed by atoms with Crippen LogP contribution in [0.3, 0.4) is 0 Å². The van der Waals surface area contributed by atoms with Crippen LogP contribution in [0.1, 0.15) is 17.0 Å². The maximum atomic E-state index is 11.6. The van der Waals surface area contributed by atoms with Crippen molar-refractivity contribution >= 4 is 36.5 Å². The Hall–Kier alpha value is -1.69. The summed E-state index contributed by atoms with van der Waals surface area (Å²) in [7, 11) is 0. The largest absolute Gasteiger partial charge is 0.460 e. The fourth-order valence-electron chi connectivity index (χ4n) is 2.79. The van der Waals surface area contributed by atoms with Crippen LogP contribution in [-0.2, 0) is 4.74 Å². The summed E-state index contributed by atoms with van der Waals surface area (Å²) < 4.78 is 10.2. The van der Waals surface area contributed by atoms with Crippen molar-refractivity contribution in [2.75, 3.05) is 44.2 Å². The highest BCUT2D eigenvalue weighted by Crippen LogP contribution is 2.15. The Bertz CT molecular complexity index is 600. The number of furan rings is 1. The second-order valence-electron chi connectivity index (χ2n) is 5.63. The molecule has 0 radical (unpaired) electrons. The molecule has 5 nitrogen and oxygen atoms in total. The number of carbonyl (C=O) groups is 1. The molecule has 0 N–H and O–H groups in total. The lowest BCUT2D eigenvalue weighted by molar-refractivity contribution is 0.0451. The van der Waals surface area contributed by atoms with Gasteiger partial charge in [0.25, 0.3) is 0 Å². The lowest BCUT2D eigenvalue weighted by atomic mass is 10.2. The summed E-state index contributed by atoms with van der Waals surface area (Å²) in [5.74, 6) is -0.120. The highest BCUT2D eigenvalue weighted by atomic mass is 35.5. The van der Waals surface area contributed by atoms with Crippen LogP contribution in [0.4, 0.5) is 5.69 Å². The van der Waals surface area contributed by atoms with Crippen molar-refractivity contribution in [1.29, 1.82) is 0 Å². The minimum Gasteiger partial charge on any atom is -0.460 e. The molecule has 3 rings (SSSR count). The van der Waals surface area contributed by atoms with E-state index in [1.54, 1.807) is 12.1 Å². The quantitative estimate of drug-likeness (QED) is 0.561. The molecule has 1 aromatic heterocycles. The Morgan fingerprint density at radius 1 is 1.00 bits per heavy atom. The van der Waals surface area contributed by atoms with Crippen molar-refractivity contribution in [3.63, 3.8) is 0 Å². The fraction of sp³-hybridized carbons (Fsp3) is 0.389. The molecule has 0 saturated carbocycles. The average molecular weight is 387 g/mol. The predicted octanol–water partition coefficient (Wildman–Crippen LogP) is 3.49. The molecular formula is C18H24Cl2N2O3. The molecule has 25 heavy (non-hydrogen) atoms. The number of rotatable bonds is 6. The molecule has 1 aliphatic heterocycles. The molecule has 138 valence electrons. The maximum absolute atomic E-state index is 11.6. The van der Waals surface area contributed by atoms with Crippen molar-refractivity contribution < 1.29 is 13.9 Å². The van der Waals surface area contributed by atoms with Crippen molar-refractivity contribution in [3.8, 4) is 0 Å². The van der Waals surface area contributed by atoms with E-state index >= 15 is 0 Å². The standard InChI is InChI=1S/C18H22N2O3.2ClH/c21-18(17-8-4-14-22-17)23-15-5-9-19-10-12-20(13-11-19)16-6-2-1-3-7-16;;/h1-4,6-8,14H,5,9-13,15H2;2*1H. The third kappa shape index (κ3) is 6.27. The predicted molar refractivity (Wildman–Crippen MR) is 103 cm³/mol. The fourth-order valence-corrected chi connectivity index (χ4v) is 2.79. The van der Waals surface area contributed by atoms with Gasteiger partial charge in [-0.2, -0.15) is 0 Å². The first-order chi connectivity index (χ1) is 11.3. The van der Waals surface area contributed by atoms with E-state index in [0.29, 0.717) is 6.61 Å². The number of carbonyl (C=O) groups excluding carboxylic acids is 1. The van der Waals surface area contributed by atoms with Crippen molar-refractivity contribution in [3.05, 3.63) is 54.5 Å². The Morgan fingerprint density at radius 2 is 1.72 bits per heavy atom. The van der Waals surface area contributed by atoms with Gasteiger partial charge in [0.2, 0.25) is 5.76 Å². The SMILES string of the molecule is Cl.Cl.O=C(OCCCN1CCN(c2ccccc2)CC1)c1ccco1. The van der Waals surface area contributed by atoms with E-state index in [-0.39, 0.29) is 36.5 Å². The Kier molecular flexibility index (Phi) is 9.42. The van der Waals surface area contributed by atoms with Gasteiger partial charge in [0.05, 0.1) is 12.9 Å². The highest BCUT2D eigenvalue weighted by Gasteiger charge is 2.17. The number of hydrogen-bond acceptors (Lipinski definition) is 5. The minimum absolute atomic E-state index is 0. The van der Waals surface area contributed by atoms with E-state index in [0.717, 1.165) is 39.1 Å². The third-order valence-corrected chi connectivity index (χ3v) is 4.07. The summed E-state index contributed by atoms with van der Waals surface area (Å²) in [6.07, 6.45) is 2.32. The van der Waals surface area contributed by atoms with Gasteiger partial charge in [-0.05, 0) is 30.7 Å². The zero-order valence-electron chi connectivity index (χ0n) is 14.0. The number of halogens is 2. The monoisotopic (exact) mass is 386 g/mol. The molecule has 2 heterocycles. The molecule has 0 bridgehead atoms. The van der Waals surface area contributed by atoms with Crippen molar-refractivity contribution in [2.24, 2.45) is 0 Å². The van der Waals surface area contributed by atoms with Crippen LogP contribution in [0.2, 0.25) is 0 Å². The topological polar surface area (TPSA) is 45.9 Å². The van der Waals surface area contributed by atoms with Gasteiger partial charge in [0.1, 0.15) is 0 Å². The number of para-hydroxylation sites is 1. The third-order valence-electron chi connectivity index (χ3n) is 4.07. The maximum Gasteiger partial charge on any atom is 0.374 e. The molecular weight excluding hydrogens is 363 g/mol. The summed E-state index contributed by atoms with van der Waals surface area (Å²) in [4.78, 5) is 16.4. The van der Waals surface area contributed by atoms with Gasteiger partial charge < -0.3 is 14.1 Å². The summed E-state index contributed by atoms with van der Waals surface area (Å²) in [5.41, 5.74) is 1.29. The Balaban J connectivity index is 0.00000156. The van der Waals surface area contributed by atoms with Crippen LogP contribution < -0.4 is 4.90 Å². The lowest BCUT2D eigenvalue weighted by Gasteiger charge is -2.36. The number of hydrogen-bond donors (Lipinski definition) is 0. The van der Waals surface area contributed by atoms with Crippen LogP contribution in [-0.4, -0.2) is 50.2 Å². The lowest BCUT2D eigenvalue weighted by Crippen LogP contribution is -2.46. The molecule has 1 aliphatic rings. The van der Waals surface area contributed by atoms with E-state index in [9.17, 15) is 4.79 Å². The Labute approximate surface area is 160 Å². The number of ether oxygens (including phenoxy) is 1. The van der Waals surface area contributed by atoms with Crippen LogP contribution in [0.15, 0.2) is 53.1 Å². The van der Waals surface area contributed by atoms with Crippen molar-refractivity contribution in [1.82, 2.24) is 4.90 Å². The molecule has 0 aliphatic carbocycles. The second-order valence-corrected chi connectivity index (χ2v) is 5.63. The van der Waals surface area contributed by atoms with Gasteiger partial charge >= 0.3 is 5.97 Å². The minimum atomic E-state index is -0.385. The summed E-state index contributed by atoms with van der Waals surface area (Å²) in [5, 5.41) is 0. The summed E-state index contributed by atoms with van der Waals surface area (Å²) >= 11 is 0. The summed E-state index contributed by atoms with van der Waals surface area (Å²) in [6, 6.07) is 13.8. The zero-order chi connectivity index (χ0) is 15.9. The van der Waals surface area contributed by atoms with Gasteiger partial charge in [0.15, 0.2) is 0 Å². The van der Waals surface area contributed by atoms with Crippen molar-refractivity contribution in [2.45, 2.75) is 6.42 Å². The second kappa shape index (κ2) is 11.0. The first-order valence-corrected chi connectivity index (χ1v) is 8.06. The van der Waals surface area contributed by atoms with E-state index in [4.69, 9.17) is 9.15 Å². The van der Waals surface area contributed by atoms with Gasteiger partial charge in [-0.3, -0.25) is 4.90 Å². The summed E-state index contributed by atoms with van der Waals surface area (Å²) in [6.45, 7) is 5.54. The number of nitrogens with zero attached hydrogens (tertiary/aromatic N) is 2. The molecule has 0 spiro atoms. The van der Waals surface area contributed by atoms with E-state index in [1.165, 1.54) is 12.0 Å². The average Bonchev–Trinajstić information content (AvgIpc) is 3.15. The molecule has 1 saturated heterocycles. The normalized spacial score (nSPS) is 14.3. The van der Waals surface area contributed by atoms with E-state index in [2.05, 4.69) is 34.1 Å². The van der Waals surface area contributed by atoms with Crippen LogP contribution in [0.5, 0.6) is 0 Å². The van der Waals surface area contributed by atoms with E-state index in [1.807, 2.05) is 6.07 Å². The van der Waals surface area contributed by atoms with Crippen LogP contribution >= 0.6 is 24.8 Å². The number of piperazine rings is 1. The van der Waals surface area contributed by atoms with Gasteiger partial charge in [-0.1, -0.05) is 18.2 Å². The molecule has 0 atom stereocenters. The molecule has 1 aromatic carbocycles. The van der Waals surface area contributed by atoms with Crippen LogP contribution in [0, 0.1) is 0 Å². The molecule has 0 unspecified atom stereocenters. The molecule has 7 heteroatoms. The first kappa shape index (κ1) is 21.4. The molecule has 1 fully saturated rings. The van der Waals surface area contributed by atoms with Crippen LogP contribution in [0.25, 0.3) is 0 Å². The van der Waals surface area contributed by atoms with Gasteiger partial charge in [-0.15, -0.1) is 24.8 Å². The van der Waals surface area contributed by atoms with Gasteiger partial charge in [-0.25, -0.2) is 4.79 Å². The first-order valence-electron chi connectivity index (χ1n) is 8.06. The molecule has 0 amide bonds.